The zero-order chi connectivity index (χ0) is 23.5. The third kappa shape index (κ3) is 4.23. The third-order valence-electron chi connectivity index (χ3n) is 6.58. The maximum atomic E-state index is 6.66. The van der Waals surface area contributed by atoms with E-state index in [2.05, 4.69) is 57.7 Å². The second-order valence-corrected chi connectivity index (χ2v) is 8.90. The molecule has 2 aromatic carbocycles. The van der Waals surface area contributed by atoms with Crippen LogP contribution in [0, 0.1) is 13.8 Å². The molecule has 7 nitrogen and oxygen atoms in total. The Balaban J connectivity index is 1.58. The summed E-state index contributed by atoms with van der Waals surface area (Å²) in [5, 5.41) is 18.4. The first-order valence-corrected chi connectivity index (χ1v) is 12.1. The molecule has 1 atom stereocenters. The van der Waals surface area contributed by atoms with Gasteiger partial charge in [-0.15, -0.1) is 5.10 Å². The molecule has 1 fully saturated rings. The fourth-order valence-electron chi connectivity index (χ4n) is 4.81. The zero-order valence-electron chi connectivity index (χ0n) is 20.2. The van der Waals surface area contributed by atoms with Gasteiger partial charge in [0.1, 0.15) is 23.1 Å². The van der Waals surface area contributed by atoms with Crippen LogP contribution < -0.4 is 15.0 Å². The van der Waals surface area contributed by atoms with Crippen molar-refractivity contribution in [1.82, 2.24) is 25.3 Å². The van der Waals surface area contributed by atoms with Crippen molar-refractivity contribution in [3.8, 4) is 11.4 Å². The van der Waals surface area contributed by atoms with Gasteiger partial charge in [-0.3, -0.25) is 0 Å². The topological polar surface area (TPSA) is 68.1 Å². The van der Waals surface area contributed by atoms with E-state index < -0.39 is 0 Å². The highest BCUT2D eigenvalue weighted by Crippen LogP contribution is 2.34. The minimum atomic E-state index is -0.0645. The van der Waals surface area contributed by atoms with Gasteiger partial charge < -0.3 is 15.0 Å². The number of aromatic nitrogens is 4. The van der Waals surface area contributed by atoms with Crippen LogP contribution in [0.5, 0.6) is 5.75 Å². The summed E-state index contributed by atoms with van der Waals surface area (Å²) in [7, 11) is 1.97. The lowest BCUT2D eigenvalue weighted by Crippen LogP contribution is -2.20. The lowest BCUT2D eigenvalue weighted by Gasteiger charge is -2.22. The average molecular weight is 457 g/mol. The van der Waals surface area contributed by atoms with Gasteiger partial charge in [0.05, 0.1) is 16.8 Å². The van der Waals surface area contributed by atoms with E-state index in [0.717, 1.165) is 71.2 Å². The molecule has 0 amide bonds. The number of aryl methyl sites for hydroxylation is 2. The Hall–Kier alpha value is -3.45. The number of hydrogen-bond acceptors (Lipinski definition) is 6. The van der Waals surface area contributed by atoms with E-state index in [-0.39, 0.29) is 6.10 Å². The van der Waals surface area contributed by atoms with Crippen molar-refractivity contribution in [2.75, 3.05) is 31.6 Å². The summed E-state index contributed by atoms with van der Waals surface area (Å²) in [6.07, 6.45) is 3.16. The molecule has 0 aliphatic carbocycles. The van der Waals surface area contributed by atoms with Gasteiger partial charge in [0.25, 0.3) is 0 Å². The van der Waals surface area contributed by atoms with Crippen LogP contribution in [0.3, 0.4) is 0 Å². The normalized spacial score (nSPS) is 14.6. The van der Waals surface area contributed by atoms with Gasteiger partial charge in [-0.2, -0.15) is 10.2 Å². The van der Waals surface area contributed by atoms with Crippen LogP contribution >= 0.6 is 0 Å². The Labute approximate surface area is 200 Å². The second-order valence-electron chi connectivity index (χ2n) is 8.90. The average Bonchev–Trinajstić information content (AvgIpc) is 3.52. The number of hydrogen-bond donors (Lipinski definition) is 1. The van der Waals surface area contributed by atoms with E-state index in [1.807, 2.05) is 42.9 Å². The van der Waals surface area contributed by atoms with Crippen molar-refractivity contribution in [3.63, 3.8) is 0 Å². The number of benzene rings is 2. The Kier molecular flexibility index (Phi) is 6.45. The van der Waals surface area contributed by atoms with Crippen molar-refractivity contribution in [1.29, 1.82) is 0 Å². The van der Waals surface area contributed by atoms with E-state index in [1.54, 1.807) is 0 Å². The summed E-state index contributed by atoms with van der Waals surface area (Å²) in [6, 6.07) is 18.5. The van der Waals surface area contributed by atoms with Gasteiger partial charge in [-0.05, 0) is 58.0 Å². The standard InChI is InChI=1S/C27H32N6O/c1-19-25-20(2)33(31-26(25)27(30-29-19)32-17-9-10-18-32)22-13-7-8-14-24(22)34-23(15-16-28-3)21-11-5-4-6-12-21/h4-8,11-14,23,28H,9-10,15-18H2,1-3H3. The van der Waals surface area contributed by atoms with Crippen molar-refractivity contribution in [3.05, 3.63) is 71.5 Å². The van der Waals surface area contributed by atoms with Crippen LogP contribution in [-0.4, -0.2) is 46.7 Å². The van der Waals surface area contributed by atoms with Crippen LogP contribution in [0.15, 0.2) is 54.6 Å². The third-order valence-corrected chi connectivity index (χ3v) is 6.58. The number of para-hydroxylation sites is 2. The molecule has 0 bridgehead atoms. The molecule has 34 heavy (non-hydrogen) atoms. The lowest BCUT2D eigenvalue weighted by atomic mass is 10.1. The summed E-state index contributed by atoms with van der Waals surface area (Å²) in [5.41, 5.74) is 4.95. The van der Waals surface area contributed by atoms with Gasteiger partial charge in [0.15, 0.2) is 5.82 Å². The van der Waals surface area contributed by atoms with E-state index in [1.165, 1.54) is 12.8 Å². The first-order valence-electron chi connectivity index (χ1n) is 12.1. The SMILES string of the molecule is CNCCC(Oc1ccccc1-n1nc2c(N3CCCC3)nnc(C)c2c1C)c1ccccc1. The minimum Gasteiger partial charge on any atom is -0.483 e. The molecule has 0 radical (unpaired) electrons. The van der Waals surface area contributed by atoms with Gasteiger partial charge >= 0.3 is 0 Å². The molecule has 1 saturated heterocycles. The summed E-state index contributed by atoms with van der Waals surface area (Å²) < 4.78 is 8.65. The Morgan fingerprint density at radius 3 is 2.47 bits per heavy atom. The Bertz CT molecular complexity index is 1260. The highest BCUT2D eigenvalue weighted by atomic mass is 16.5. The zero-order valence-corrected chi connectivity index (χ0v) is 20.2. The summed E-state index contributed by atoms with van der Waals surface area (Å²) in [4.78, 5) is 2.30. The summed E-state index contributed by atoms with van der Waals surface area (Å²) in [6.45, 7) is 6.98. The van der Waals surface area contributed by atoms with Crippen LogP contribution in [-0.2, 0) is 0 Å². The van der Waals surface area contributed by atoms with E-state index in [4.69, 9.17) is 9.84 Å². The molecule has 3 heterocycles. The molecule has 7 heteroatoms. The predicted octanol–water partition coefficient (Wildman–Crippen LogP) is 4.76. The molecule has 4 aromatic rings. The van der Waals surface area contributed by atoms with Gasteiger partial charge in [-0.25, -0.2) is 4.68 Å². The highest BCUT2D eigenvalue weighted by molar-refractivity contribution is 5.92. The first kappa shape index (κ1) is 22.3. The largest absolute Gasteiger partial charge is 0.483 e. The molecule has 0 spiro atoms. The van der Waals surface area contributed by atoms with Crippen LogP contribution in [0.4, 0.5) is 5.82 Å². The number of nitrogens with one attached hydrogen (secondary N) is 1. The monoisotopic (exact) mass is 456 g/mol. The predicted molar refractivity (Wildman–Crippen MR) is 136 cm³/mol. The number of fused-ring (bicyclic) bond motifs is 1. The van der Waals surface area contributed by atoms with Crippen molar-refractivity contribution in [2.24, 2.45) is 0 Å². The second kappa shape index (κ2) is 9.81. The van der Waals surface area contributed by atoms with Crippen LogP contribution in [0.25, 0.3) is 16.6 Å². The Morgan fingerprint density at radius 2 is 1.71 bits per heavy atom. The Morgan fingerprint density at radius 1 is 0.971 bits per heavy atom. The fourth-order valence-corrected chi connectivity index (χ4v) is 4.81. The molecular formula is C27H32N6O. The van der Waals surface area contributed by atoms with Gasteiger partial charge in [0, 0.05) is 19.5 Å². The fraction of sp³-hybridized carbons (Fsp3) is 0.370. The van der Waals surface area contributed by atoms with Crippen LogP contribution in [0.2, 0.25) is 0 Å². The molecule has 0 saturated carbocycles. The molecule has 176 valence electrons. The molecule has 2 aromatic heterocycles. The molecule has 1 aliphatic rings. The van der Waals surface area contributed by atoms with Gasteiger partial charge in [-0.1, -0.05) is 42.5 Å². The number of ether oxygens (including phenoxy) is 1. The maximum Gasteiger partial charge on any atom is 0.179 e. The molecule has 5 rings (SSSR count). The summed E-state index contributed by atoms with van der Waals surface area (Å²) >= 11 is 0. The van der Waals surface area contributed by atoms with Crippen molar-refractivity contribution < 1.29 is 4.74 Å². The smallest absolute Gasteiger partial charge is 0.179 e. The summed E-state index contributed by atoms with van der Waals surface area (Å²) in [5.74, 6) is 1.69. The highest BCUT2D eigenvalue weighted by Gasteiger charge is 2.24. The van der Waals surface area contributed by atoms with Crippen LogP contribution in [0.1, 0.15) is 42.3 Å². The van der Waals surface area contributed by atoms with E-state index in [0.29, 0.717) is 0 Å². The maximum absolute atomic E-state index is 6.66. The van der Waals surface area contributed by atoms with Gasteiger partial charge in [0.2, 0.25) is 0 Å². The van der Waals surface area contributed by atoms with E-state index in [9.17, 15) is 0 Å². The number of rotatable bonds is 8. The molecular weight excluding hydrogens is 424 g/mol. The van der Waals surface area contributed by atoms with Crippen molar-refractivity contribution in [2.45, 2.75) is 39.2 Å². The number of anilines is 1. The minimum absolute atomic E-state index is 0.0645. The number of nitrogens with zero attached hydrogens (tertiary/aromatic N) is 5. The molecule has 1 N–H and O–H groups in total. The van der Waals surface area contributed by atoms with Crippen molar-refractivity contribution >= 4 is 16.7 Å². The molecule has 1 aliphatic heterocycles. The first-order chi connectivity index (χ1) is 16.7. The lowest BCUT2D eigenvalue weighted by molar-refractivity contribution is 0.194. The van der Waals surface area contributed by atoms with E-state index >= 15 is 0 Å². The molecule has 1 unspecified atom stereocenters. The quantitative estimate of drug-likeness (QED) is 0.412.